The van der Waals surface area contributed by atoms with E-state index in [0.717, 1.165) is 13.8 Å². The molecule has 21 heavy (non-hydrogen) atoms. The van der Waals surface area contributed by atoms with Crippen molar-refractivity contribution in [1.82, 2.24) is 0 Å². The quantitative estimate of drug-likeness (QED) is 0.285. The predicted molar refractivity (Wildman–Crippen MR) is 72.2 cm³/mol. The maximum atomic E-state index is 12.1. The third-order valence-corrected chi connectivity index (χ3v) is 2.55. The maximum absolute atomic E-state index is 12.1. The van der Waals surface area contributed by atoms with Gasteiger partial charge in [-0.15, -0.1) is 0 Å². The summed E-state index contributed by atoms with van der Waals surface area (Å²) in [7, 11) is 0. The summed E-state index contributed by atoms with van der Waals surface area (Å²) in [5.41, 5.74) is -2.21. The molecule has 0 amide bonds. The number of hydrogen-bond acceptors (Lipinski definition) is 7. The largest absolute Gasteiger partial charge is 0.439 e. The fourth-order valence-corrected chi connectivity index (χ4v) is 1.45. The van der Waals surface area contributed by atoms with Crippen molar-refractivity contribution < 1.29 is 33.4 Å². The van der Waals surface area contributed by atoms with E-state index in [9.17, 15) is 19.2 Å². The number of carbonyl (C=O) groups excluding carboxylic acids is 4. The van der Waals surface area contributed by atoms with Gasteiger partial charge >= 0.3 is 17.9 Å². The fraction of sp³-hybridized carbons (Fsp3) is 0.571. The molecule has 0 aromatic heterocycles. The van der Waals surface area contributed by atoms with E-state index in [0.29, 0.717) is 6.61 Å². The van der Waals surface area contributed by atoms with E-state index >= 15 is 0 Å². The van der Waals surface area contributed by atoms with Gasteiger partial charge in [-0.25, -0.2) is 9.59 Å². The Labute approximate surface area is 123 Å². The fourth-order valence-electron chi connectivity index (χ4n) is 1.45. The van der Waals surface area contributed by atoms with Gasteiger partial charge in [0.1, 0.15) is 0 Å². The standard InChI is InChI=1S/C14H20O7/c1-6-19-8-7-14(10(4)15,21-11(5)16)13(18)20-12(17)9(2)3/h2,6-8H2,1,3-5H3. The minimum Gasteiger partial charge on any atom is -0.439 e. The van der Waals surface area contributed by atoms with Gasteiger partial charge in [-0.3, -0.25) is 9.59 Å². The van der Waals surface area contributed by atoms with Gasteiger partial charge in [-0.2, -0.15) is 0 Å². The van der Waals surface area contributed by atoms with Gasteiger partial charge in [0, 0.05) is 25.5 Å². The monoisotopic (exact) mass is 300 g/mol. The molecule has 0 heterocycles. The topological polar surface area (TPSA) is 96.0 Å². The lowest BCUT2D eigenvalue weighted by Gasteiger charge is -2.27. The second-order valence-electron chi connectivity index (χ2n) is 4.38. The van der Waals surface area contributed by atoms with Crippen molar-refractivity contribution in [1.29, 1.82) is 0 Å². The van der Waals surface area contributed by atoms with E-state index in [1.165, 1.54) is 6.92 Å². The minimum absolute atomic E-state index is 0.0142. The van der Waals surface area contributed by atoms with Gasteiger partial charge in [0.15, 0.2) is 5.78 Å². The van der Waals surface area contributed by atoms with E-state index in [4.69, 9.17) is 9.47 Å². The highest BCUT2D eigenvalue weighted by molar-refractivity contribution is 6.11. The summed E-state index contributed by atoms with van der Waals surface area (Å²) < 4.78 is 14.5. The first-order valence-corrected chi connectivity index (χ1v) is 6.37. The third-order valence-electron chi connectivity index (χ3n) is 2.55. The molecule has 0 aliphatic heterocycles. The van der Waals surface area contributed by atoms with Gasteiger partial charge in [-0.1, -0.05) is 6.58 Å². The molecule has 1 atom stereocenters. The summed E-state index contributed by atoms with van der Waals surface area (Å²) in [6, 6.07) is 0. The average molecular weight is 300 g/mol. The number of ketones is 1. The summed E-state index contributed by atoms with van der Waals surface area (Å²) in [6.07, 6.45) is -0.238. The molecule has 118 valence electrons. The number of esters is 3. The van der Waals surface area contributed by atoms with Crippen molar-refractivity contribution in [2.75, 3.05) is 13.2 Å². The molecule has 0 radical (unpaired) electrons. The van der Waals surface area contributed by atoms with Crippen molar-refractivity contribution in [3.63, 3.8) is 0 Å². The van der Waals surface area contributed by atoms with Crippen molar-refractivity contribution in [2.45, 2.75) is 39.7 Å². The first kappa shape index (κ1) is 19.0. The van der Waals surface area contributed by atoms with Crippen LogP contribution in [0.4, 0.5) is 0 Å². The summed E-state index contributed by atoms with van der Waals surface area (Å²) in [4.78, 5) is 46.5. The van der Waals surface area contributed by atoms with E-state index in [-0.39, 0.29) is 18.6 Å². The molecular formula is C14H20O7. The third kappa shape index (κ3) is 5.47. The van der Waals surface area contributed by atoms with Crippen LogP contribution in [0.1, 0.15) is 34.1 Å². The molecule has 0 N–H and O–H groups in total. The summed E-state index contributed by atoms with van der Waals surface area (Å²) in [5, 5.41) is 0. The summed E-state index contributed by atoms with van der Waals surface area (Å²) >= 11 is 0. The Kier molecular flexibility index (Phi) is 7.51. The highest BCUT2D eigenvalue weighted by Crippen LogP contribution is 2.21. The first-order valence-electron chi connectivity index (χ1n) is 6.37. The molecule has 7 nitrogen and oxygen atoms in total. The predicted octanol–water partition coefficient (Wildman–Crippen LogP) is 0.950. The number of Topliss-reactive ketones (excluding diaryl/α,β-unsaturated/α-hetero) is 1. The number of carbonyl (C=O) groups is 4. The number of rotatable bonds is 8. The van der Waals surface area contributed by atoms with Gasteiger partial charge in [0.2, 0.25) is 0 Å². The van der Waals surface area contributed by atoms with Crippen LogP contribution in [0.3, 0.4) is 0 Å². The average Bonchev–Trinajstić information content (AvgIpc) is 2.36. The lowest BCUT2D eigenvalue weighted by atomic mass is 9.95. The van der Waals surface area contributed by atoms with Crippen LogP contribution < -0.4 is 0 Å². The summed E-state index contributed by atoms with van der Waals surface area (Å²) in [5.74, 6) is -3.84. The van der Waals surface area contributed by atoms with Crippen LogP contribution in [0.15, 0.2) is 12.2 Å². The molecule has 0 spiro atoms. The SMILES string of the molecule is C=C(C)C(=O)OC(=O)C(CCOCC)(OC(C)=O)C(C)=O. The van der Waals surface area contributed by atoms with Crippen LogP contribution in [0.2, 0.25) is 0 Å². The molecule has 0 aromatic rings. The van der Waals surface area contributed by atoms with Crippen LogP contribution in [0.25, 0.3) is 0 Å². The van der Waals surface area contributed by atoms with Gasteiger partial charge in [0.05, 0.1) is 6.61 Å². The van der Waals surface area contributed by atoms with Crippen molar-refractivity contribution >= 4 is 23.7 Å². The lowest BCUT2D eigenvalue weighted by Crippen LogP contribution is -2.51. The van der Waals surface area contributed by atoms with E-state index in [1.807, 2.05) is 0 Å². The van der Waals surface area contributed by atoms with Gasteiger partial charge < -0.3 is 14.2 Å². The Hall–Kier alpha value is -2.02. The summed E-state index contributed by atoms with van der Waals surface area (Å²) in [6.45, 7) is 8.86. The van der Waals surface area contributed by atoms with Crippen molar-refractivity contribution in [2.24, 2.45) is 0 Å². The molecular weight excluding hydrogens is 280 g/mol. The van der Waals surface area contributed by atoms with E-state index < -0.39 is 29.3 Å². The van der Waals surface area contributed by atoms with Crippen molar-refractivity contribution in [3.05, 3.63) is 12.2 Å². The molecule has 1 unspecified atom stereocenters. The van der Waals surface area contributed by atoms with Gasteiger partial charge in [-0.05, 0) is 20.8 Å². The van der Waals surface area contributed by atoms with Crippen LogP contribution in [-0.2, 0) is 33.4 Å². The second-order valence-corrected chi connectivity index (χ2v) is 4.38. The Morgan fingerprint density at radius 1 is 1.10 bits per heavy atom. The number of ether oxygens (including phenoxy) is 3. The molecule has 0 aromatic carbocycles. The normalized spacial score (nSPS) is 13.0. The van der Waals surface area contributed by atoms with Gasteiger partial charge in [0.25, 0.3) is 5.60 Å². The molecule has 0 aliphatic carbocycles. The molecule has 0 bridgehead atoms. The smallest absolute Gasteiger partial charge is 0.366 e. The molecule has 0 fully saturated rings. The molecule has 0 saturated heterocycles. The maximum Gasteiger partial charge on any atom is 0.366 e. The Morgan fingerprint density at radius 2 is 1.67 bits per heavy atom. The van der Waals surface area contributed by atoms with E-state index in [1.54, 1.807) is 6.92 Å². The zero-order valence-electron chi connectivity index (χ0n) is 12.7. The lowest BCUT2D eigenvalue weighted by molar-refractivity contribution is -0.188. The van der Waals surface area contributed by atoms with Crippen LogP contribution in [0.5, 0.6) is 0 Å². The highest BCUT2D eigenvalue weighted by Gasteiger charge is 2.49. The Bertz CT molecular complexity index is 452. The molecule has 0 rings (SSSR count). The highest BCUT2D eigenvalue weighted by atomic mass is 16.6. The minimum atomic E-state index is -2.19. The van der Waals surface area contributed by atoms with E-state index in [2.05, 4.69) is 11.3 Å². The van der Waals surface area contributed by atoms with Crippen molar-refractivity contribution in [3.8, 4) is 0 Å². The Balaban J connectivity index is 5.36. The number of hydrogen-bond donors (Lipinski definition) is 0. The molecule has 0 saturated carbocycles. The van der Waals surface area contributed by atoms with Crippen LogP contribution >= 0.6 is 0 Å². The van der Waals surface area contributed by atoms with Crippen LogP contribution in [0, 0.1) is 0 Å². The molecule has 0 aliphatic rings. The zero-order chi connectivity index (χ0) is 16.6. The molecule has 7 heteroatoms. The second kappa shape index (κ2) is 8.31. The zero-order valence-corrected chi connectivity index (χ0v) is 12.7. The Morgan fingerprint density at radius 3 is 2.05 bits per heavy atom. The van der Waals surface area contributed by atoms with Crippen LogP contribution in [-0.4, -0.2) is 42.5 Å². The first-order chi connectivity index (χ1) is 9.67.